The summed E-state index contributed by atoms with van der Waals surface area (Å²) in [6.07, 6.45) is 1.86. The molecule has 1 saturated heterocycles. The van der Waals surface area contributed by atoms with Gasteiger partial charge in [0.1, 0.15) is 12.4 Å². The van der Waals surface area contributed by atoms with Crippen molar-refractivity contribution in [3.05, 3.63) is 29.8 Å². The number of hydrogen-bond acceptors (Lipinski definition) is 4. The molecule has 21 heavy (non-hydrogen) atoms. The van der Waals surface area contributed by atoms with Gasteiger partial charge >= 0.3 is 0 Å². The Morgan fingerprint density at radius 1 is 1.52 bits per heavy atom. The summed E-state index contributed by atoms with van der Waals surface area (Å²) in [5, 5.41) is 8.85. The zero-order chi connectivity index (χ0) is 15.2. The second-order valence-electron chi connectivity index (χ2n) is 5.51. The molecule has 2 unspecified atom stereocenters. The molecule has 112 valence electrons. The highest BCUT2D eigenvalue weighted by molar-refractivity contribution is 5.76. The van der Waals surface area contributed by atoms with Crippen LogP contribution < -0.4 is 10.5 Å². The maximum atomic E-state index is 11.3. The Balaban J connectivity index is 1.84. The van der Waals surface area contributed by atoms with Crippen LogP contribution in [0.25, 0.3) is 0 Å². The van der Waals surface area contributed by atoms with Gasteiger partial charge in [-0.1, -0.05) is 6.07 Å². The van der Waals surface area contributed by atoms with E-state index >= 15 is 0 Å². The molecule has 0 saturated carbocycles. The smallest absolute Gasteiger partial charge is 0.221 e. The molecule has 0 aromatic heterocycles. The van der Waals surface area contributed by atoms with Gasteiger partial charge in [-0.05, 0) is 38.0 Å². The van der Waals surface area contributed by atoms with Crippen molar-refractivity contribution in [1.82, 2.24) is 4.90 Å². The highest BCUT2D eigenvalue weighted by atomic mass is 16.5. The Bertz CT molecular complexity index is 539. The van der Waals surface area contributed by atoms with Crippen molar-refractivity contribution in [2.24, 2.45) is 11.7 Å². The monoisotopic (exact) mass is 287 g/mol. The van der Waals surface area contributed by atoms with Crippen molar-refractivity contribution in [2.45, 2.75) is 25.8 Å². The minimum Gasteiger partial charge on any atom is -0.492 e. The van der Waals surface area contributed by atoms with E-state index in [9.17, 15) is 4.79 Å². The topological polar surface area (TPSA) is 79.3 Å². The molecule has 1 aliphatic heterocycles. The molecule has 1 heterocycles. The Morgan fingerprint density at radius 3 is 3.05 bits per heavy atom. The molecule has 1 aromatic rings. The fraction of sp³-hybridized carbons (Fsp3) is 0.500. The Morgan fingerprint density at radius 2 is 2.33 bits per heavy atom. The van der Waals surface area contributed by atoms with E-state index in [0.717, 1.165) is 19.4 Å². The molecule has 0 aliphatic carbocycles. The van der Waals surface area contributed by atoms with Gasteiger partial charge in [-0.2, -0.15) is 5.26 Å². The van der Waals surface area contributed by atoms with E-state index in [1.165, 1.54) is 0 Å². The lowest BCUT2D eigenvalue weighted by Gasteiger charge is -2.36. The predicted molar refractivity (Wildman–Crippen MR) is 79.6 cm³/mol. The number of amides is 1. The number of carbonyl (C=O) groups excluding carboxylic acids is 1. The lowest BCUT2D eigenvalue weighted by Crippen LogP contribution is -2.47. The van der Waals surface area contributed by atoms with Gasteiger partial charge in [0.25, 0.3) is 0 Å². The highest BCUT2D eigenvalue weighted by Gasteiger charge is 2.28. The quantitative estimate of drug-likeness (QED) is 0.890. The summed E-state index contributed by atoms with van der Waals surface area (Å²) in [5.74, 6) is 0.433. The summed E-state index contributed by atoms with van der Waals surface area (Å²) in [6, 6.07) is 9.65. The first-order valence-electron chi connectivity index (χ1n) is 7.26. The summed E-state index contributed by atoms with van der Waals surface area (Å²) in [4.78, 5) is 13.5. The molecule has 0 radical (unpaired) electrons. The number of rotatable bonds is 5. The third kappa shape index (κ3) is 4.20. The summed E-state index contributed by atoms with van der Waals surface area (Å²) in [5.41, 5.74) is 5.99. The van der Waals surface area contributed by atoms with E-state index in [1.54, 1.807) is 18.2 Å². The van der Waals surface area contributed by atoms with Crippen molar-refractivity contribution in [1.29, 1.82) is 5.26 Å². The number of hydrogen-bond donors (Lipinski definition) is 1. The highest BCUT2D eigenvalue weighted by Crippen LogP contribution is 2.21. The minimum absolute atomic E-state index is 0.0527. The Hall–Kier alpha value is -2.06. The van der Waals surface area contributed by atoms with Crippen LogP contribution in [0, 0.1) is 17.2 Å². The zero-order valence-electron chi connectivity index (χ0n) is 12.3. The van der Waals surface area contributed by atoms with Gasteiger partial charge in [-0.25, -0.2) is 0 Å². The molecule has 1 amide bonds. The van der Waals surface area contributed by atoms with Crippen LogP contribution in [0.4, 0.5) is 0 Å². The molecule has 2 N–H and O–H groups in total. The van der Waals surface area contributed by atoms with Crippen LogP contribution in [0.1, 0.15) is 25.3 Å². The first-order valence-corrected chi connectivity index (χ1v) is 7.26. The maximum absolute atomic E-state index is 11.3. The number of nitrogens with two attached hydrogens (primary N) is 1. The van der Waals surface area contributed by atoms with Gasteiger partial charge in [-0.15, -0.1) is 0 Å². The van der Waals surface area contributed by atoms with E-state index in [0.29, 0.717) is 30.5 Å². The van der Waals surface area contributed by atoms with Gasteiger partial charge in [0.15, 0.2) is 0 Å². The van der Waals surface area contributed by atoms with E-state index in [1.807, 2.05) is 6.07 Å². The number of ether oxygens (including phenoxy) is 1. The summed E-state index contributed by atoms with van der Waals surface area (Å²) in [6.45, 7) is 4.15. The lowest BCUT2D eigenvalue weighted by molar-refractivity contribution is -0.124. The fourth-order valence-corrected chi connectivity index (χ4v) is 2.66. The number of benzene rings is 1. The molecule has 5 nitrogen and oxygen atoms in total. The van der Waals surface area contributed by atoms with Crippen LogP contribution >= 0.6 is 0 Å². The van der Waals surface area contributed by atoms with Gasteiger partial charge in [0, 0.05) is 19.1 Å². The van der Waals surface area contributed by atoms with Gasteiger partial charge < -0.3 is 10.5 Å². The summed E-state index contributed by atoms with van der Waals surface area (Å²) < 4.78 is 5.69. The second kappa shape index (κ2) is 7.09. The van der Waals surface area contributed by atoms with Gasteiger partial charge in [-0.3, -0.25) is 9.69 Å². The standard InChI is InChI=1S/C16H21N3O2/c1-12-5-6-14(16(18)20)11-19(12)7-8-21-15-4-2-3-13(9-15)10-17/h2-4,9,12,14H,5-8,11H2,1H3,(H2,18,20). The molecule has 0 spiro atoms. The largest absolute Gasteiger partial charge is 0.492 e. The number of carbonyl (C=O) groups is 1. The van der Waals surface area contributed by atoms with Crippen molar-refractivity contribution >= 4 is 5.91 Å². The van der Waals surface area contributed by atoms with Crippen LogP contribution in [0.2, 0.25) is 0 Å². The van der Waals surface area contributed by atoms with E-state index in [-0.39, 0.29) is 11.8 Å². The third-order valence-corrected chi connectivity index (χ3v) is 4.02. The number of likely N-dealkylation sites (tertiary alicyclic amines) is 1. The molecule has 2 atom stereocenters. The van der Waals surface area contributed by atoms with Crippen molar-refractivity contribution in [3.8, 4) is 11.8 Å². The molecule has 2 rings (SSSR count). The maximum Gasteiger partial charge on any atom is 0.221 e. The van der Waals surface area contributed by atoms with E-state index in [4.69, 9.17) is 15.7 Å². The predicted octanol–water partition coefficient (Wildman–Crippen LogP) is 1.52. The zero-order valence-corrected chi connectivity index (χ0v) is 12.3. The molecular formula is C16H21N3O2. The normalized spacial score (nSPS) is 22.5. The Labute approximate surface area is 125 Å². The second-order valence-corrected chi connectivity index (χ2v) is 5.51. The van der Waals surface area contributed by atoms with Gasteiger partial charge in [0.2, 0.25) is 5.91 Å². The van der Waals surface area contributed by atoms with E-state index < -0.39 is 0 Å². The van der Waals surface area contributed by atoms with Crippen LogP contribution in [-0.4, -0.2) is 36.5 Å². The number of nitriles is 1. The average Bonchev–Trinajstić information content (AvgIpc) is 2.49. The average molecular weight is 287 g/mol. The van der Waals surface area contributed by atoms with Crippen molar-refractivity contribution in [2.75, 3.05) is 19.7 Å². The van der Waals surface area contributed by atoms with Crippen LogP contribution in [-0.2, 0) is 4.79 Å². The van der Waals surface area contributed by atoms with E-state index in [2.05, 4.69) is 17.9 Å². The van der Waals surface area contributed by atoms with Crippen LogP contribution in [0.3, 0.4) is 0 Å². The first-order chi connectivity index (χ1) is 10.1. The summed E-state index contributed by atoms with van der Waals surface area (Å²) in [7, 11) is 0. The first kappa shape index (κ1) is 15.3. The molecule has 5 heteroatoms. The fourth-order valence-electron chi connectivity index (χ4n) is 2.66. The molecular weight excluding hydrogens is 266 g/mol. The number of primary amides is 1. The van der Waals surface area contributed by atoms with Crippen molar-refractivity contribution < 1.29 is 9.53 Å². The molecule has 1 aliphatic rings. The molecule has 1 fully saturated rings. The molecule has 0 bridgehead atoms. The van der Waals surface area contributed by atoms with Crippen molar-refractivity contribution in [3.63, 3.8) is 0 Å². The minimum atomic E-state index is -0.213. The summed E-state index contributed by atoms with van der Waals surface area (Å²) >= 11 is 0. The lowest BCUT2D eigenvalue weighted by atomic mass is 9.93. The third-order valence-electron chi connectivity index (χ3n) is 4.02. The SMILES string of the molecule is CC1CCC(C(N)=O)CN1CCOc1cccc(C#N)c1. The number of nitrogens with zero attached hydrogens (tertiary/aromatic N) is 2. The van der Waals surface area contributed by atoms with Crippen LogP contribution in [0.15, 0.2) is 24.3 Å². The molecule has 1 aromatic carbocycles. The Kier molecular flexibility index (Phi) is 5.18. The number of piperidine rings is 1. The van der Waals surface area contributed by atoms with Gasteiger partial charge in [0.05, 0.1) is 17.6 Å². The van der Waals surface area contributed by atoms with Crippen LogP contribution in [0.5, 0.6) is 5.75 Å².